The van der Waals surface area contributed by atoms with Crippen LogP contribution in [0.2, 0.25) is 0 Å². The van der Waals surface area contributed by atoms with E-state index in [0.29, 0.717) is 0 Å². The Hall–Kier alpha value is -1.15. The molecule has 0 spiro atoms. The van der Waals surface area contributed by atoms with E-state index in [1.54, 1.807) is 7.11 Å². The van der Waals surface area contributed by atoms with Crippen LogP contribution in [0.4, 0.5) is 0 Å². The predicted molar refractivity (Wildman–Crippen MR) is 46.9 cm³/mol. The van der Waals surface area contributed by atoms with E-state index in [1.165, 1.54) is 6.92 Å². The first-order chi connectivity index (χ1) is 5.75. The zero-order valence-electron chi connectivity index (χ0n) is 7.28. The van der Waals surface area contributed by atoms with E-state index in [1.807, 2.05) is 30.3 Å². The third kappa shape index (κ3) is 1.92. The van der Waals surface area contributed by atoms with Crippen molar-refractivity contribution in [2.24, 2.45) is 0 Å². The largest absolute Gasteiger partial charge is 0.369 e. The lowest BCUT2D eigenvalue weighted by Gasteiger charge is -2.11. The van der Waals surface area contributed by atoms with Crippen molar-refractivity contribution < 1.29 is 9.53 Å². The molecule has 1 aromatic rings. The van der Waals surface area contributed by atoms with Crippen LogP contribution in [-0.4, -0.2) is 12.9 Å². The summed E-state index contributed by atoms with van der Waals surface area (Å²) >= 11 is 0. The van der Waals surface area contributed by atoms with Crippen LogP contribution in [0, 0.1) is 0 Å². The highest BCUT2D eigenvalue weighted by molar-refractivity contribution is 5.81. The average molecular weight is 164 g/mol. The van der Waals surface area contributed by atoms with Gasteiger partial charge in [-0.1, -0.05) is 30.3 Å². The first-order valence-electron chi connectivity index (χ1n) is 3.84. The molecule has 0 radical (unpaired) electrons. The van der Waals surface area contributed by atoms with Crippen LogP contribution in [0.3, 0.4) is 0 Å². The maximum Gasteiger partial charge on any atom is 0.163 e. The fourth-order valence-corrected chi connectivity index (χ4v) is 1.16. The van der Waals surface area contributed by atoms with Gasteiger partial charge in [0.25, 0.3) is 0 Å². The summed E-state index contributed by atoms with van der Waals surface area (Å²) in [6.07, 6.45) is -0.411. The highest BCUT2D eigenvalue weighted by atomic mass is 16.5. The number of ether oxygens (including phenoxy) is 1. The standard InChI is InChI=1S/C10H12O2/c1-8(11)10(12-2)9-6-4-3-5-7-9/h3-7,10H,1-2H3/t10-/m1/s1. The molecular formula is C10H12O2. The molecule has 1 atom stereocenters. The summed E-state index contributed by atoms with van der Waals surface area (Å²) in [5.74, 6) is 0.0312. The molecule has 1 aromatic carbocycles. The summed E-state index contributed by atoms with van der Waals surface area (Å²) < 4.78 is 5.05. The van der Waals surface area contributed by atoms with Crippen molar-refractivity contribution in [3.8, 4) is 0 Å². The van der Waals surface area contributed by atoms with Gasteiger partial charge in [0.15, 0.2) is 5.78 Å². The van der Waals surface area contributed by atoms with E-state index in [-0.39, 0.29) is 5.78 Å². The molecule has 12 heavy (non-hydrogen) atoms. The maximum absolute atomic E-state index is 11.1. The fourth-order valence-electron chi connectivity index (χ4n) is 1.16. The Bertz CT molecular complexity index is 254. The van der Waals surface area contributed by atoms with Crippen LogP contribution >= 0.6 is 0 Å². The number of hydrogen-bond donors (Lipinski definition) is 0. The van der Waals surface area contributed by atoms with Gasteiger partial charge >= 0.3 is 0 Å². The third-order valence-electron chi connectivity index (χ3n) is 1.71. The van der Waals surface area contributed by atoms with Gasteiger partial charge in [0.1, 0.15) is 6.10 Å². The van der Waals surface area contributed by atoms with E-state index < -0.39 is 6.10 Å². The SMILES string of the molecule is CO[C@H](C(C)=O)c1ccccc1. The highest BCUT2D eigenvalue weighted by Crippen LogP contribution is 2.16. The lowest BCUT2D eigenvalue weighted by Crippen LogP contribution is -2.10. The molecule has 0 aromatic heterocycles. The van der Waals surface area contributed by atoms with Crippen LogP contribution in [0.5, 0.6) is 0 Å². The minimum atomic E-state index is -0.411. The first-order valence-corrected chi connectivity index (χ1v) is 3.84. The van der Waals surface area contributed by atoms with Gasteiger partial charge in [-0.25, -0.2) is 0 Å². The minimum Gasteiger partial charge on any atom is -0.369 e. The van der Waals surface area contributed by atoms with Crippen molar-refractivity contribution in [3.63, 3.8) is 0 Å². The number of benzene rings is 1. The fraction of sp³-hybridized carbons (Fsp3) is 0.300. The Morgan fingerprint density at radius 2 is 1.92 bits per heavy atom. The monoisotopic (exact) mass is 164 g/mol. The molecule has 0 bridgehead atoms. The second-order valence-electron chi connectivity index (χ2n) is 2.64. The molecule has 0 aliphatic carbocycles. The molecule has 0 saturated carbocycles. The number of carbonyl (C=O) groups is 1. The molecule has 0 amide bonds. The van der Waals surface area contributed by atoms with Crippen LogP contribution in [0.1, 0.15) is 18.6 Å². The molecule has 0 unspecified atom stereocenters. The van der Waals surface area contributed by atoms with Crippen molar-refractivity contribution in [3.05, 3.63) is 35.9 Å². The Kier molecular flexibility index (Phi) is 3.00. The molecule has 64 valence electrons. The molecule has 0 saturated heterocycles. The second kappa shape index (κ2) is 4.02. The highest BCUT2D eigenvalue weighted by Gasteiger charge is 2.14. The number of rotatable bonds is 3. The summed E-state index contributed by atoms with van der Waals surface area (Å²) in [5, 5.41) is 0. The number of ketones is 1. The van der Waals surface area contributed by atoms with Gasteiger partial charge in [0, 0.05) is 7.11 Å². The van der Waals surface area contributed by atoms with E-state index >= 15 is 0 Å². The summed E-state index contributed by atoms with van der Waals surface area (Å²) in [7, 11) is 1.54. The van der Waals surface area contributed by atoms with Gasteiger partial charge in [-0.3, -0.25) is 4.79 Å². The Morgan fingerprint density at radius 3 is 2.33 bits per heavy atom. The summed E-state index contributed by atoms with van der Waals surface area (Å²) in [4.78, 5) is 11.1. The molecule has 2 heteroatoms. The average Bonchev–Trinajstić information content (AvgIpc) is 2.07. The predicted octanol–water partition coefficient (Wildman–Crippen LogP) is 1.96. The van der Waals surface area contributed by atoms with Gasteiger partial charge in [0.2, 0.25) is 0 Å². The number of carbonyl (C=O) groups excluding carboxylic acids is 1. The van der Waals surface area contributed by atoms with Crippen molar-refractivity contribution in [2.45, 2.75) is 13.0 Å². The molecule has 0 N–H and O–H groups in total. The summed E-state index contributed by atoms with van der Waals surface area (Å²) in [6.45, 7) is 1.53. The lowest BCUT2D eigenvalue weighted by atomic mass is 10.1. The molecule has 0 heterocycles. The Balaban J connectivity index is 2.88. The normalized spacial score (nSPS) is 12.5. The number of hydrogen-bond acceptors (Lipinski definition) is 2. The molecular weight excluding hydrogens is 152 g/mol. The smallest absolute Gasteiger partial charge is 0.163 e. The van der Waals surface area contributed by atoms with Crippen LogP contribution in [0.15, 0.2) is 30.3 Å². The van der Waals surface area contributed by atoms with Crippen LogP contribution in [-0.2, 0) is 9.53 Å². The van der Waals surface area contributed by atoms with E-state index in [4.69, 9.17) is 4.74 Å². The number of Topliss-reactive ketones (excluding diaryl/α,β-unsaturated/α-hetero) is 1. The van der Waals surface area contributed by atoms with Gasteiger partial charge in [-0.15, -0.1) is 0 Å². The van der Waals surface area contributed by atoms with Gasteiger partial charge < -0.3 is 4.74 Å². The Morgan fingerprint density at radius 1 is 1.33 bits per heavy atom. The van der Waals surface area contributed by atoms with Crippen LogP contribution < -0.4 is 0 Å². The molecule has 0 aliphatic rings. The Labute approximate surface area is 72.2 Å². The lowest BCUT2D eigenvalue weighted by molar-refractivity contribution is -0.126. The molecule has 1 rings (SSSR count). The second-order valence-corrected chi connectivity index (χ2v) is 2.64. The van der Waals surface area contributed by atoms with Gasteiger partial charge in [-0.05, 0) is 12.5 Å². The molecule has 0 fully saturated rings. The van der Waals surface area contributed by atoms with E-state index in [9.17, 15) is 4.79 Å². The summed E-state index contributed by atoms with van der Waals surface area (Å²) in [6, 6.07) is 9.47. The van der Waals surface area contributed by atoms with Gasteiger partial charge in [0.05, 0.1) is 0 Å². The zero-order valence-corrected chi connectivity index (χ0v) is 7.28. The van der Waals surface area contributed by atoms with Crippen molar-refractivity contribution >= 4 is 5.78 Å². The van der Waals surface area contributed by atoms with Crippen molar-refractivity contribution in [1.82, 2.24) is 0 Å². The van der Waals surface area contributed by atoms with Crippen LogP contribution in [0.25, 0.3) is 0 Å². The maximum atomic E-state index is 11.1. The van der Waals surface area contributed by atoms with Crippen molar-refractivity contribution in [2.75, 3.05) is 7.11 Å². The quantitative estimate of drug-likeness (QED) is 0.682. The third-order valence-corrected chi connectivity index (χ3v) is 1.71. The number of methoxy groups -OCH3 is 1. The van der Waals surface area contributed by atoms with Gasteiger partial charge in [-0.2, -0.15) is 0 Å². The molecule has 0 aliphatic heterocycles. The molecule has 2 nitrogen and oxygen atoms in total. The van der Waals surface area contributed by atoms with Crippen molar-refractivity contribution in [1.29, 1.82) is 0 Å². The first kappa shape index (κ1) is 8.94. The van der Waals surface area contributed by atoms with E-state index in [2.05, 4.69) is 0 Å². The summed E-state index contributed by atoms with van der Waals surface area (Å²) in [5.41, 5.74) is 0.910. The topological polar surface area (TPSA) is 26.3 Å². The minimum absolute atomic E-state index is 0.0312. The zero-order chi connectivity index (χ0) is 8.97. The van der Waals surface area contributed by atoms with E-state index in [0.717, 1.165) is 5.56 Å².